The molecule has 2 atom stereocenters. The third-order valence-electron chi connectivity index (χ3n) is 3.68. The van der Waals surface area contributed by atoms with Gasteiger partial charge in [-0.05, 0) is 19.3 Å². The third-order valence-corrected chi connectivity index (χ3v) is 4.17. The molecule has 5 N–H and O–H groups in total. The molecular weight excluding hydrogens is 313 g/mol. The number of rotatable bonds is 4. The van der Waals surface area contributed by atoms with E-state index in [9.17, 15) is 9.36 Å². The maximum atomic E-state index is 11.8. The van der Waals surface area contributed by atoms with Crippen molar-refractivity contribution in [3.63, 3.8) is 0 Å². The lowest BCUT2D eigenvalue weighted by Gasteiger charge is -2.22. The molecule has 1 aliphatic rings. The molecule has 10 nitrogen and oxygen atoms in total. The maximum Gasteiger partial charge on any atom is 0.350 e. The number of anilines is 1. The van der Waals surface area contributed by atoms with Crippen molar-refractivity contribution in [2.24, 2.45) is 0 Å². The van der Waals surface area contributed by atoms with Crippen molar-refractivity contribution < 1.29 is 19.1 Å². The number of H-pyrrole nitrogens is 1. The summed E-state index contributed by atoms with van der Waals surface area (Å²) in [5.41, 5.74) is 5.66. The molecule has 1 aliphatic carbocycles. The van der Waals surface area contributed by atoms with Gasteiger partial charge in [0, 0.05) is 0 Å². The van der Waals surface area contributed by atoms with Crippen molar-refractivity contribution in [3.8, 4) is 0 Å². The number of ether oxygens (including phenoxy) is 1. The van der Waals surface area contributed by atoms with E-state index >= 15 is 0 Å². The van der Waals surface area contributed by atoms with Crippen LogP contribution in [-0.2, 0) is 9.30 Å². The molecular formula is C11H16N5O5P. The number of hydrogen-bond donors (Lipinski definition) is 4. The van der Waals surface area contributed by atoms with Gasteiger partial charge >= 0.3 is 7.60 Å². The number of aromatic amines is 1. The van der Waals surface area contributed by atoms with Crippen molar-refractivity contribution >= 4 is 24.7 Å². The van der Waals surface area contributed by atoms with E-state index in [4.69, 9.17) is 20.3 Å². The van der Waals surface area contributed by atoms with E-state index in [-0.39, 0.29) is 23.6 Å². The number of hydrogen-bond acceptors (Lipinski definition) is 6. The Morgan fingerprint density at radius 2 is 2.27 bits per heavy atom. The molecule has 0 radical (unpaired) electrons. The van der Waals surface area contributed by atoms with Gasteiger partial charge in [-0.25, -0.2) is 4.98 Å². The van der Waals surface area contributed by atoms with E-state index in [1.807, 2.05) is 0 Å². The first kappa shape index (κ1) is 15.2. The highest BCUT2D eigenvalue weighted by Gasteiger charge is 2.32. The predicted octanol–water partition coefficient (Wildman–Crippen LogP) is -0.0528. The standard InChI is InChI=1S/C11H16N5O5P/c12-11-14-9-8(10(17)15-11)13-4-16(9)6-2-1-3-7(6)21-5-22(18,19)20/h4,6-7H,1-3,5H2,(H2,18,19,20)(H3,12,14,15,17)/t6-,7+/m0/s1. The Labute approximate surface area is 124 Å². The fourth-order valence-electron chi connectivity index (χ4n) is 2.80. The first-order valence-corrected chi connectivity index (χ1v) is 8.53. The predicted molar refractivity (Wildman–Crippen MR) is 77.2 cm³/mol. The monoisotopic (exact) mass is 329 g/mol. The summed E-state index contributed by atoms with van der Waals surface area (Å²) in [6.07, 6.45) is 2.74. The summed E-state index contributed by atoms with van der Waals surface area (Å²) in [5.74, 6) is -0.00932. The average Bonchev–Trinajstić information content (AvgIpc) is 3.00. The second kappa shape index (κ2) is 5.47. The Morgan fingerprint density at radius 1 is 1.50 bits per heavy atom. The minimum Gasteiger partial charge on any atom is -0.369 e. The van der Waals surface area contributed by atoms with Crippen LogP contribution < -0.4 is 11.3 Å². The molecule has 0 bridgehead atoms. The zero-order chi connectivity index (χ0) is 15.9. The molecule has 2 heterocycles. The van der Waals surface area contributed by atoms with Gasteiger partial charge in [0.1, 0.15) is 6.35 Å². The van der Waals surface area contributed by atoms with Gasteiger partial charge < -0.3 is 24.8 Å². The van der Waals surface area contributed by atoms with Gasteiger partial charge in [0.25, 0.3) is 5.56 Å². The van der Waals surface area contributed by atoms with E-state index < -0.39 is 19.5 Å². The van der Waals surface area contributed by atoms with Crippen molar-refractivity contribution in [3.05, 3.63) is 16.7 Å². The summed E-state index contributed by atoms with van der Waals surface area (Å²) in [5, 5.41) is 0. The molecule has 1 saturated carbocycles. The van der Waals surface area contributed by atoms with Crippen molar-refractivity contribution in [1.82, 2.24) is 19.5 Å². The Morgan fingerprint density at radius 3 is 3.00 bits per heavy atom. The maximum absolute atomic E-state index is 11.8. The Kier molecular flexibility index (Phi) is 3.77. The van der Waals surface area contributed by atoms with Crippen LogP contribution in [0, 0.1) is 0 Å². The van der Waals surface area contributed by atoms with Gasteiger partial charge in [-0.15, -0.1) is 0 Å². The zero-order valence-corrected chi connectivity index (χ0v) is 12.4. The highest BCUT2D eigenvalue weighted by molar-refractivity contribution is 7.51. The summed E-state index contributed by atoms with van der Waals surface area (Å²) in [7, 11) is -4.22. The first-order chi connectivity index (χ1) is 10.3. The zero-order valence-electron chi connectivity index (χ0n) is 11.5. The number of nitrogen functional groups attached to an aromatic ring is 1. The van der Waals surface area contributed by atoms with E-state index in [2.05, 4.69) is 15.0 Å². The van der Waals surface area contributed by atoms with E-state index in [1.165, 1.54) is 6.33 Å². The Balaban J connectivity index is 1.93. The van der Waals surface area contributed by atoms with Crippen LogP contribution in [0.5, 0.6) is 0 Å². The normalized spacial score (nSPS) is 22.5. The number of nitrogens with one attached hydrogen (secondary N) is 1. The van der Waals surface area contributed by atoms with Gasteiger partial charge in [-0.3, -0.25) is 14.3 Å². The van der Waals surface area contributed by atoms with E-state index in [0.29, 0.717) is 12.1 Å². The smallest absolute Gasteiger partial charge is 0.350 e. The van der Waals surface area contributed by atoms with Gasteiger partial charge in [-0.2, -0.15) is 4.98 Å². The minimum atomic E-state index is -4.22. The number of aromatic nitrogens is 4. The molecule has 120 valence electrons. The summed E-state index contributed by atoms with van der Waals surface area (Å²) >= 11 is 0. The molecule has 0 spiro atoms. The van der Waals surface area contributed by atoms with Crippen LogP contribution in [-0.4, -0.2) is 41.8 Å². The summed E-state index contributed by atoms with van der Waals surface area (Å²) < 4.78 is 18.0. The van der Waals surface area contributed by atoms with Gasteiger partial charge in [0.05, 0.1) is 18.5 Å². The van der Waals surface area contributed by atoms with Crippen LogP contribution in [0.4, 0.5) is 5.95 Å². The summed E-state index contributed by atoms with van der Waals surface area (Å²) in [4.78, 5) is 40.2. The second-order valence-corrected chi connectivity index (χ2v) is 6.86. The quantitative estimate of drug-likeness (QED) is 0.569. The number of nitrogens with zero attached hydrogens (tertiary/aromatic N) is 3. The highest BCUT2D eigenvalue weighted by atomic mass is 31.2. The molecule has 2 aromatic heterocycles. The van der Waals surface area contributed by atoms with Gasteiger partial charge in [-0.1, -0.05) is 0 Å². The lowest BCUT2D eigenvalue weighted by Crippen LogP contribution is -2.23. The van der Waals surface area contributed by atoms with Crippen LogP contribution in [0.3, 0.4) is 0 Å². The van der Waals surface area contributed by atoms with E-state index in [1.54, 1.807) is 4.57 Å². The summed E-state index contributed by atoms with van der Waals surface area (Å²) in [6, 6.07) is -0.190. The van der Waals surface area contributed by atoms with Crippen molar-refractivity contribution in [2.75, 3.05) is 12.1 Å². The molecule has 0 aromatic carbocycles. The molecule has 1 fully saturated rings. The first-order valence-electron chi connectivity index (χ1n) is 6.73. The van der Waals surface area contributed by atoms with Crippen LogP contribution in [0.1, 0.15) is 25.3 Å². The molecule has 0 amide bonds. The number of imidazole rings is 1. The van der Waals surface area contributed by atoms with Crippen molar-refractivity contribution in [1.29, 1.82) is 0 Å². The van der Waals surface area contributed by atoms with Crippen LogP contribution in [0.2, 0.25) is 0 Å². The van der Waals surface area contributed by atoms with Crippen molar-refractivity contribution in [2.45, 2.75) is 31.4 Å². The molecule has 3 rings (SSSR count). The highest BCUT2D eigenvalue weighted by Crippen LogP contribution is 2.39. The van der Waals surface area contributed by atoms with Crippen LogP contribution in [0.25, 0.3) is 11.2 Å². The molecule has 0 unspecified atom stereocenters. The Bertz CT molecular complexity index is 796. The molecule has 0 aliphatic heterocycles. The van der Waals surface area contributed by atoms with Gasteiger partial charge in [0.15, 0.2) is 11.2 Å². The lowest BCUT2D eigenvalue weighted by molar-refractivity contribution is 0.0522. The third kappa shape index (κ3) is 2.91. The number of nitrogens with two attached hydrogens (primary N) is 1. The molecule has 0 saturated heterocycles. The largest absolute Gasteiger partial charge is 0.369 e. The second-order valence-electron chi connectivity index (χ2n) is 5.27. The minimum absolute atomic E-state index is 0.00932. The van der Waals surface area contributed by atoms with Crippen LogP contribution in [0.15, 0.2) is 11.1 Å². The molecule has 11 heteroatoms. The molecule has 2 aromatic rings. The van der Waals surface area contributed by atoms with Crippen LogP contribution >= 0.6 is 7.60 Å². The number of fused-ring (bicyclic) bond motifs is 1. The SMILES string of the molecule is Nc1nc2c(ncn2[C@H]2CCC[C@H]2OCP(=O)(O)O)c(=O)[nH]1. The molecule has 22 heavy (non-hydrogen) atoms. The fourth-order valence-corrected chi connectivity index (χ4v) is 3.18. The topological polar surface area (TPSA) is 156 Å². The van der Waals surface area contributed by atoms with E-state index in [0.717, 1.165) is 12.8 Å². The average molecular weight is 329 g/mol. The fraction of sp³-hybridized carbons (Fsp3) is 0.545. The van der Waals surface area contributed by atoms with Gasteiger partial charge in [0.2, 0.25) is 5.95 Å². The lowest BCUT2D eigenvalue weighted by atomic mass is 10.2. The Hall–Kier alpha value is -1.74. The summed E-state index contributed by atoms with van der Waals surface area (Å²) in [6.45, 7) is 0.